The zero-order chi connectivity index (χ0) is 21.9. The Bertz CT molecular complexity index is 1240. The van der Waals surface area contributed by atoms with E-state index >= 15 is 0 Å². The molecular weight excluding hydrogens is 400 g/mol. The number of para-hydroxylation sites is 1. The van der Waals surface area contributed by atoms with Crippen molar-refractivity contribution in [3.63, 3.8) is 0 Å². The summed E-state index contributed by atoms with van der Waals surface area (Å²) < 4.78 is 7.63. The Morgan fingerprint density at radius 1 is 1.06 bits per heavy atom. The molecule has 1 aliphatic heterocycles. The Labute approximate surface area is 187 Å². The average Bonchev–Trinajstić information content (AvgIpc) is 2.83. The van der Waals surface area contributed by atoms with Crippen molar-refractivity contribution in [3.8, 4) is 5.69 Å². The molecule has 0 spiro atoms. The molecule has 1 saturated heterocycles. The lowest BCUT2D eigenvalue weighted by molar-refractivity contribution is 0.0341. The third kappa shape index (κ3) is 4.11. The summed E-state index contributed by atoms with van der Waals surface area (Å²) in [6.45, 7) is 5.54. The van der Waals surface area contributed by atoms with E-state index in [1.165, 1.54) is 0 Å². The summed E-state index contributed by atoms with van der Waals surface area (Å²) in [5, 5.41) is 4.24. The molecular formula is C26H28N4O2. The van der Waals surface area contributed by atoms with Crippen molar-refractivity contribution < 1.29 is 4.74 Å². The molecule has 0 atom stereocenters. The lowest BCUT2D eigenvalue weighted by atomic mass is 10.1. The van der Waals surface area contributed by atoms with Crippen LogP contribution >= 0.6 is 0 Å². The molecule has 2 aromatic heterocycles. The molecule has 32 heavy (non-hydrogen) atoms. The number of aromatic nitrogens is 2. The Morgan fingerprint density at radius 3 is 2.62 bits per heavy atom. The maximum Gasteiger partial charge on any atom is 0.197 e. The zero-order valence-corrected chi connectivity index (χ0v) is 18.4. The van der Waals surface area contributed by atoms with Crippen LogP contribution in [0.5, 0.6) is 0 Å². The molecule has 1 fully saturated rings. The fourth-order valence-corrected chi connectivity index (χ4v) is 4.33. The summed E-state index contributed by atoms with van der Waals surface area (Å²) in [7, 11) is 0. The van der Waals surface area contributed by atoms with Gasteiger partial charge < -0.3 is 10.1 Å². The Hall–Kier alpha value is -3.22. The molecule has 164 valence electrons. The van der Waals surface area contributed by atoms with Crippen LogP contribution in [0.2, 0.25) is 0 Å². The Balaban J connectivity index is 1.77. The van der Waals surface area contributed by atoms with E-state index in [1.807, 2.05) is 37.3 Å². The highest BCUT2D eigenvalue weighted by Crippen LogP contribution is 2.28. The van der Waals surface area contributed by atoms with Crippen molar-refractivity contribution in [1.82, 2.24) is 14.5 Å². The number of hydrogen-bond donors (Lipinski definition) is 1. The molecule has 0 bridgehead atoms. The van der Waals surface area contributed by atoms with Crippen LogP contribution in [0.4, 0.5) is 5.82 Å². The lowest BCUT2D eigenvalue weighted by Gasteiger charge is -2.29. The molecule has 6 heteroatoms. The number of ether oxygens (including phenoxy) is 1. The van der Waals surface area contributed by atoms with Crippen molar-refractivity contribution in [2.45, 2.75) is 26.3 Å². The summed E-state index contributed by atoms with van der Waals surface area (Å²) in [6.07, 6.45) is 8.47. The first-order chi connectivity index (χ1) is 15.7. The first-order valence-corrected chi connectivity index (χ1v) is 11.3. The van der Waals surface area contributed by atoms with Gasteiger partial charge in [-0.25, -0.2) is 4.98 Å². The number of fused-ring (bicyclic) bond motifs is 1. The Kier molecular flexibility index (Phi) is 5.88. The van der Waals surface area contributed by atoms with Gasteiger partial charge in [0.15, 0.2) is 5.43 Å². The second-order valence-corrected chi connectivity index (χ2v) is 8.30. The van der Waals surface area contributed by atoms with Gasteiger partial charge in [0.05, 0.1) is 24.2 Å². The highest BCUT2D eigenvalue weighted by atomic mass is 16.5. The number of aryl methyl sites for hydroxylation is 1. The van der Waals surface area contributed by atoms with Crippen LogP contribution in [0.15, 0.2) is 71.2 Å². The van der Waals surface area contributed by atoms with Gasteiger partial charge in [-0.05, 0) is 50.1 Å². The number of morpholine rings is 1. The third-order valence-corrected chi connectivity index (χ3v) is 6.01. The number of anilines is 1. The number of nitrogens with zero attached hydrogens (tertiary/aromatic N) is 3. The van der Waals surface area contributed by atoms with Crippen molar-refractivity contribution >= 4 is 16.9 Å². The molecule has 0 unspecified atom stereocenters. The van der Waals surface area contributed by atoms with Crippen molar-refractivity contribution in [2.75, 3.05) is 31.6 Å². The minimum absolute atomic E-state index is 0.0362. The topological polar surface area (TPSA) is 59.4 Å². The number of allylic oxidation sites excluding steroid dienone is 3. The number of hydrogen-bond acceptors (Lipinski definition) is 5. The van der Waals surface area contributed by atoms with Gasteiger partial charge in [0.2, 0.25) is 0 Å². The van der Waals surface area contributed by atoms with Crippen LogP contribution in [-0.4, -0.2) is 40.8 Å². The zero-order valence-electron chi connectivity index (χ0n) is 18.4. The first-order valence-electron chi connectivity index (χ1n) is 11.3. The molecule has 1 aliphatic carbocycles. The molecule has 1 N–H and O–H groups in total. The minimum atomic E-state index is 0.0362. The van der Waals surface area contributed by atoms with Crippen LogP contribution in [0.1, 0.15) is 24.1 Å². The molecule has 0 radical (unpaired) electrons. The largest absolute Gasteiger partial charge is 0.379 e. The molecule has 0 saturated carbocycles. The molecule has 3 heterocycles. The van der Waals surface area contributed by atoms with Crippen LogP contribution in [0.25, 0.3) is 16.7 Å². The predicted molar refractivity (Wildman–Crippen MR) is 128 cm³/mol. The van der Waals surface area contributed by atoms with E-state index in [0.29, 0.717) is 30.8 Å². The molecule has 3 aromatic rings. The van der Waals surface area contributed by atoms with E-state index in [0.717, 1.165) is 54.4 Å². The number of pyridine rings is 2. The normalized spacial score (nSPS) is 16.8. The summed E-state index contributed by atoms with van der Waals surface area (Å²) in [5.74, 6) is 0.788. The van der Waals surface area contributed by atoms with Gasteiger partial charge in [0.25, 0.3) is 0 Å². The molecule has 2 aliphatic rings. The molecule has 5 rings (SSSR count). The van der Waals surface area contributed by atoms with E-state index in [1.54, 1.807) is 0 Å². The maximum atomic E-state index is 13.8. The highest BCUT2D eigenvalue weighted by Gasteiger charge is 2.23. The molecule has 0 amide bonds. The van der Waals surface area contributed by atoms with Gasteiger partial charge in [-0.2, -0.15) is 0 Å². The van der Waals surface area contributed by atoms with Crippen LogP contribution < -0.4 is 10.7 Å². The molecule has 1 aromatic carbocycles. The van der Waals surface area contributed by atoms with Crippen LogP contribution in [0, 0.1) is 6.92 Å². The minimum Gasteiger partial charge on any atom is -0.379 e. The summed E-state index contributed by atoms with van der Waals surface area (Å²) in [5.41, 5.74) is 4.33. The fraction of sp³-hybridized carbons (Fsp3) is 0.308. The standard InChI is InChI=1S/C26H28N4O2/c1-19-12-13-22-24(31)23(18-29-14-16-32-17-15-29)26(28-20-8-4-2-5-9-20)30(25(22)27-19)21-10-6-3-7-11-21/h3-4,6-13,28H,2,5,14-18H2,1H3. The maximum absolute atomic E-state index is 13.8. The van der Waals surface area contributed by atoms with E-state index in [-0.39, 0.29) is 5.43 Å². The average molecular weight is 429 g/mol. The van der Waals surface area contributed by atoms with Gasteiger partial charge in [0.1, 0.15) is 11.5 Å². The van der Waals surface area contributed by atoms with Crippen molar-refractivity contribution in [1.29, 1.82) is 0 Å². The number of nitrogens with one attached hydrogen (secondary N) is 1. The van der Waals surface area contributed by atoms with Gasteiger partial charge in [0, 0.05) is 36.7 Å². The van der Waals surface area contributed by atoms with E-state index < -0.39 is 0 Å². The van der Waals surface area contributed by atoms with Gasteiger partial charge in [-0.1, -0.05) is 30.4 Å². The second-order valence-electron chi connectivity index (χ2n) is 8.30. The monoisotopic (exact) mass is 428 g/mol. The van der Waals surface area contributed by atoms with Gasteiger partial charge in [-0.15, -0.1) is 0 Å². The summed E-state index contributed by atoms with van der Waals surface area (Å²) in [4.78, 5) is 20.9. The van der Waals surface area contributed by atoms with Gasteiger partial charge >= 0.3 is 0 Å². The van der Waals surface area contributed by atoms with Crippen molar-refractivity contribution in [3.05, 3.63) is 87.9 Å². The second kappa shape index (κ2) is 9.10. The number of benzene rings is 1. The Morgan fingerprint density at radius 2 is 1.88 bits per heavy atom. The summed E-state index contributed by atoms with van der Waals surface area (Å²) in [6, 6.07) is 14.0. The van der Waals surface area contributed by atoms with E-state index in [9.17, 15) is 4.79 Å². The van der Waals surface area contributed by atoms with Crippen molar-refractivity contribution in [2.24, 2.45) is 0 Å². The predicted octanol–water partition coefficient (Wildman–Crippen LogP) is 4.17. The number of rotatable bonds is 5. The lowest BCUT2D eigenvalue weighted by Crippen LogP contribution is -2.37. The van der Waals surface area contributed by atoms with Crippen LogP contribution in [0.3, 0.4) is 0 Å². The van der Waals surface area contributed by atoms with E-state index in [4.69, 9.17) is 9.72 Å². The van der Waals surface area contributed by atoms with E-state index in [2.05, 4.69) is 45.1 Å². The third-order valence-electron chi connectivity index (χ3n) is 6.01. The summed E-state index contributed by atoms with van der Waals surface area (Å²) >= 11 is 0. The quantitative estimate of drug-likeness (QED) is 0.661. The van der Waals surface area contributed by atoms with Gasteiger partial charge in [-0.3, -0.25) is 14.3 Å². The highest BCUT2D eigenvalue weighted by molar-refractivity contribution is 5.82. The van der Waals surface area contributed by atoms with Crippen LogP contribution in [-0.2, 0) is 11.3 Å². The fourth-order valence-electron chi connectivity index (χ4n) is 4.33. The first kappa shape index (κ1) is 20.7. The molecule has 6 nitrogen and oxygen atoms in total. The smallest absolute Gasteiger partial charge is 0.197 e. The SMILES string of the molecule is Cc1ccc2c(=O)c(CN3CCOCC3)c(NC3=CCCC=C3)n(-c3ccccc3)c2n1.